The summed E-state index contributed by atoms with van der Waals surface area (Å²) >= 11 is 4.47. The molecule has 0 atom stereocenters. The van der Waals surface area contributed by atoms with Crippen molar-refractivity contribution in [3.8, 4) is 0 Å². The number of hydrogen-bond acceptors (Lipinski definition) is 4. The molecule has 1 aromatic rings. The standard InChI is InChI=1S/C7H9N3O2S2/c8-7(13)10(9)14(11,12)6-4-2-1-3-5-6/h1-5H,9H2,(H2,8,13). The minimum absolute atomic E-state index is 0.0512. The maximum absolute atomic E-state index is 11.6. The third-order valence-electron chi connectivity index (χ3n) is 1.52. The van der Waals surface area contributed by atoms with Crippen molar-refractivity contribution in [1.29, 1.82) is 0 Å². The molecule has 76 valence electrons. The third-order valence-corrected chi connectivity index (χ3v) is 3.41. The Morgan fingerprint density at radius 2 is 1.79 bits per heavy atom. The summed E-state index contributed by atoms with van der Waals surface area (Å²) in [6.07, 6.45) is 0. The fourth-order valence-corrected chi connectivity index (χ4v) is 2.08. The number of hydrazine groups is 1. The van der Waals surface area contributed by atoms with Crippen molar-refractivity contribution < 1.29 is 8.42 Å². The van der Waals surface area contributed by atoms with Gasteiger partial charge in [0.1, 0.15) is 0 Å². The van der Waals surface area contributed by atoms with Crippen molar-refractivity contribution in [2.24, 2.45) is 11.6 Å². The van der Waals surface area contributed by atoms with E-state index in [2.05, 4.69) is 12.2 Å². The van der Waals surface area contributed by atoms with Gasteiger partial charge in [0.2, 0.25) is 0 Å². The molecule has 0 bridgehead atoms. The van der Waals surface area contributed by atoms with Gasteiger partial charge in [0.15, 0.2) is 5.11 Å². The Hall–Kier alpha value is -1.18. The lowest BCUT2D eigenvalue weighted by atomic mass is 10.4. The molecule has 0 aliphatic rings. The Bertz CT molecular complexity index is 430. The van der Waals surface area contributed by atoms with Gasteiger partial charge in [0.25, 0.3) is 10.0 Å². The molecule has 7 heteroatoms. The predicted octanol–water partition coefficient (Wildman–Crippen LogP) is -0.205. The lowest BCUT2D eigenvalue weighted by Gasteiger charge is -2.15. The average Bonchev–Trinajstić information content (AvgIpc) is 2.18. The van der Waals surface area contributed by atoms with Crippen molar-refractivity contribution in [2.45, 2.75) is 4.90 Å². The van der Waals surface area contributed by atoms with Crippen molar-refractivity contribution in [1.82, 2.24) is 4.41 Å². The molecule has 14 heavy (non-hydrogen) atoms. The fourth-order valence-electron chi connectivity index (χ4n) is 0.824. The zero-order valence-electron chi connectivity index (χ0n) is 7.12. The zero-order chi connectivity index (χ0) is 10.8. The van der Waals surface area contributed by atoms with Crippen LogP contribution in [0.25, 0.3) is 0 Å². The van der Waals surface area contributed by atoms with E-state index < -0.39 is 15.1 Å². The van der Waals surface area contributed by atoms with Gasteiger partial charge in [-0.15, -0.1) is 0 Å². The Labute approximate surface area is 87.3 Å². The van der Waals surface area contributed by atoms with E-state index in [0.29, 0.717) is 4.41 Å². The van der Waals surface area contributed by atoms with Crippen LogP contribution in [0.5, 0.6) is 0 Å². The summed E-state index contributed by atoms with van der Waals surface area (Å²) in [5, 5.41) is -0.395. The highest BCUT2D eigenvalue weighted by Gasteiger charge is 2.21. The molecular formula is C7H9N3O2S2. The van der Waals surface area contributed by atoms with Gasteiger partial charge in [-0.1, -0.05) is 18.2 Å². The summed E-state index contributed by atoms with van der Waals surface area (Å²) in [4.78, 5) is 0.0512. The topological polar surface area (TPSA) is 89.4 Å². The number of sulfonamides is 1. The molecular weight excluding hydrogens is 222 g/mol. The van der Waals surface area contributed by atoms with Crippen LogP contribution in [0, 0.1) is 0 Å². The molecule has 5 nitrogen and oxygen atoms in total. The van der Waals surface area contributed by atoms with Crippen LogP contribution in [0.15, 0.2) is 35.2 Å². The highest BCUT2D eigenvalue weighted by Crippen LogP contribution is 2.11. The van der Waals surface area contributed by atoms with E-state index >= 15 is 0 Å². The molecule has 4 N–H and O–H groups in total. The van der Waals surface area contributed by atoms with Crippen LogP contribution >= 0.6 is 12.2 Å². The van der Waals surface area contributed by atoms with Crippen molar-refractivity contribution in [2.75, 3.05) is 0 Å². The number of rotatable bonds is 2. The fraction of sp³-hybridized carbons (Fsp3) is 0. The summed E-state index contributed by atoms with van der Waals surface area (Å²) in [5.74, 6) is 5.21. The van der Waals surface area contributed by atoms with Crippen LogP contribution in [0.1, 0.15) is 0 Å². The molecule has 0 aromatic heterocycles. The molecule has 1 aromatic carbocycles. The van der Waals surface area contributed by atoms with Crippen LogP contribution in [-0.2, 0) is 10.0 Å². The molecule has 0 radical (unpaired) electrons. The maximum Gasteiger partial charge on any atom is 0.279 e. The maximum atomic E-state index is 11.6. The number of nitrogens with zero attached hydrogens (tertiary/aromatic N) is 1. The Kier molecular flexibility index (Phi) is 3.04. The normalized spacial score (nSPS) is 10.9. The van der Waals surface area contributed by atoms with E-state index in [1.54, 1.807) is 18.2 Å². The second-order valence-electron chi connectivity index (χ2n) is 2.45. The van der Waals surface area contributed by atoms with Crippen molar-refractivity contribution in [3.05, 3.63) is 30.3 Å². The van der Waals surface area contributed by atoms with Gasteiger partial charge in [-0.25, -0.2) is 5.84 Å². The van der Waals surface area contributed by atoms with Crippen LogP contribution in [-0.4, -0.2) is 17.9 Å². The van der Waals surface area contributed by atoms with Gasteiger partial charge in [-0.2, -0.15) is 12.8 Å². The van der Waals surface area contributed by atoms with Gasteiger partial charge in [-0.05, 0) is 24.4 Å². The van der Waals surface area contributed by atoms with E-state index in [0.717, 1.165) is 0 Å². The summed E-state index contributed by atoms with van der Waals surface area (Å²) in [6.45, 7) is 0. The second-order valence-corrected chi connectivity index (χ2v) is 4.69. The first kappa shape index (κ1) is 10.9. The van der Waals surface area contributed by atoms with Crippen LogP contribution < -0.4 is 11.6 Å². The van der Waals surface area contributed by atoms with E-state index in [1.807, 2.05) is 0 Å². The van der Waals surface area contributed by atoms with Gasteiger partial charge in [0.05, 0.1) is 4.90 Å². The van der Waals surface area contributed by atoms with Crippen molar-refractivity contribution >= 4 is 27.4 Å². The minimum atomic E-state index is -3.79. The summed E-state index contributed by atoms with van der Waals surface area (Å²) in [7, 11) is -3.79. The largest absolute Gasteiger partial charge is 0.374 e. The summed E-state index contributed by atoms with van der Waals surface area (Å²) < 4.78 is 23.6. The van der Waals surface area contributed by atoms with Gasteiger partial charge in [-0.3, -0.25) is 0 Å². The van der Waals surface area contributed by atoms with Gasteiger partial charge < -0.3 is 5.73 Å². The second kappa shape index (κ2) is 3.91. The first-order chi connectivity index (χ1) is 6.46. The Balaban J connectivity index is 3.16. The molecule has 0 fully saturated rings. The molecule has 0 saturated carbocycles. The first-order valence-corrected chi connectivity index (χ1v) is 5.45. The van der Waals surface area contributed by atoms with E-state index in [9.17, 15) is 8.42 Å². The smallest absolute Gasteiger partial charge is 0.279 e. The van der Waals surface area contributed by atoms with E-state index in [4.69, 9.17) is 11.6 Å². The number of benzene rings is 1. The lowest BCUT2D eigenvalue weighted by molar-refractivity contribution is 0.533. The SMILES string of the molecule is NC(=S)N(N)S(=O)(=O)c1ccccc1. The molecule has 0 spiro atoms. The average molecular weight is 231 g/mol. The molecule has 0 unspecified atom stereocenters. The molecule has 0 heterocycles. The summed E-state index contributed by atoms with van der Waals surface area (Å²) in [6, 6.07) is 7.68. The minimum Gasteiger partial charge on any atom is -0.374 e. The number of thiocarbonyl (C=S) groups is 1. The molecule has 0 aliphatic heterocycles. The van der Waals surface area contributed by atoms with Crippen LogP contribution in [0.3, 0.4) is 0 Å². The van der Waals surface area contributed by atoms with Gasteiger partial charge in [0, 0.05) is 0 Å². The molecule has 1 rings (SSSR count). The Morgan fingerprint density at radius 3 is 2.21 bits per heavy atom. The Morgan fingerprint density at radius 1 is 1.29 bits per heavy atom. The first-order valence-electron chi connectivity index (χ1n) is 3.61. The molecule has 0 saturated heterocycles. The van der Waals surface area contributed by atoms with E-state index in [1.165, 1.54) is 12.1 Å². The van der Waals surface area contributed by atoms with Crippen LogP contribution in [0.4, 0.5) is 0 Å². The zero-order valence-corrected chi connectivity index (χ0v) is 8.75. The van der Waals surface area contributed by atoms with Crippen LogP contribution in [0.2, 0.25) is 0 Å². The molecule has 0 amide bonds. The quantitative estimate of drug-likeness (QED) is 0.418. The monoisotopic (exact) mass is 231 g/mol. The molecule has 0 aliphatic carbocycles. The highest BCUT2D eigenvalue weighted by atomic mass is 32.2. The third kappa shape index (κ3) is 2.00. The van der Waals surface area contributed by atoms with Crippen molar-refractivity contribution in [3.63, 3.8) is 0 Å². The van der Waals surface area contributed by atoms with Gasteiger partial charge >= 0.3 is 0 Å². The highest BCUT2D eigenvalue weighted by molar-refractivity contribution is 7.91. The summed E-state index contributed by atoms with van der Waals surface area (Å²) in [5.41, 5.74) is 5.11. The lowest BCUT2D eigenvalue weighted by Crippen LogP contribution is -2.45. The number of nitrogens with two attached hydrogens (primary N) is 2. The van der Waals surface area contributed by atoms with E-state index in [-0.39, 0.29) is 4.90 Å². The predicted molar refractivity (Wildman–Crippen MR) is 56.4 cm³/mol. The number of hydrogen-bond donors (Lipinski definition) is 2.